The fourth-order valence-electron chi connectivity index (χ4n) is 3.63. The Kier molecular flexibility index (Phi) is 6.80. The minimum atomic E-state index is -0.429. The summed E-state index contributed by atoms with van der Waals surface area (Å²) in [6, 6.07) is 12.5. The summed E-state index contributed by atoms with van der Waals surface area (Å²) < 4.78 is 24.2. The highest BCUT2D eigenvalue weighted by molar-refractivity contribution is 5.73. The largest absolute Gasteiger partial charge is 0.495 e. The molecule has 1 fully saturated rings. The second-order valence-corrected chi connectivity index (χ2v) is 7.28. The second kappa shape index (κ2) is 9.49. The molecule has 1 aliphatic rings. The van der Waals surface area contributed by atoms with E-state index in [1.807, 2.05) is 18.2 Å². The van der Waals surface area contributed by atoms with Crippen molar-refractivity contribution in [2.45, 2.75) is 13.0 Å². The molecular formula is C22H28FN3O3. The molecule has 2 amide bonds. The van der Waals surface area contributed by atoms with Crippen LogP contribution in [0.3, 0.4) is 0 Å². The van der Waals surface area contributed by atoms with E-state index in [4.69, 9.17) is 9.47 Å². The number of para-hydroxylation sites is 2. The Morgan fingerprint density at radius 2 is 1.97 bits per heavy atom. The van der Waals surface area contributed by atoms with Crippen molar-refractivity contribution in [1.82, 2.24) is 10.2 Å². The van der Waals surface area contributed by atoms with Gasteiger partial charge in [0.15, 0.2) is 11.6 Å². The van der Waals surface area contributed by atoms with Crippen molar-refractivity contribution in [2.24, 2.45) is 5.92 Å². The number of carbonyl (C=O) groups excluding carboxylic acids is 1. The van der Waals surface area contributed by atoms with E-state index < -0.39 is 5.82 Å². The number of hydrogen-bond donors (Lipinski definition) is 1. The molecule has 0 aliphatic carbocycles. The van der Waals surface area contributed by atoms with Crippen molar-refractivity contribution in [1.29, 1.82) is 0 Å². The molecule has 1 saturated heterocycles. The Bertz CT molecular complexity index is 846. The summed E-state index contributed by atoms with van der Waals surface area (Å²) in [5.41, 5.74) is 1.80. The van der Waals surface area contributed by atoms with Gasteiger partial charge < -0.3 is 24.6 Å². The molecule has 0 radical (unpaired) electrons. The zero-order valence-corrected chi connectivity index (χ0v) is 17.2. The Balaban J connectivity index is 1.48. The molecule has 29 heavy (non-hydrogen) atoms. The maximum absolute atomic E-state index is 13.8. The predicted octanol–water partition coefficient (Wildman–Crippen LogP) is 3.51. The molecule has 3 rings (SSSR count). The van der Waals surface area contributed by atoms with Crippen LogP contribution in [0.2, 0.25) is 0 Å². The summed E-state index contributed by atoms with van der Waals surface area (Å²) in [7, 11) is 4.81. The van der Waals surface area contributed by atoms with Crippen LogP contribution in [0.25, 0.3) is 0 Å². The van der Waals surface area contributed by atoms with E-state index in [1.165, 1.54) is 13.2 Å². The van der Waals surface area contributed by atoms with Gasteiger partial charge in [-0.2, -0.15) is 0 Å². The summed E-state index contributed by atoms with van der Waals surface area (Å²) in [5.74, 6) is 1.00. The monoisotopic (exact) mass is 401 g/mol. The van der Waals surface area contributed by atoms with Crippen molar-refractivity contribution >= 4 is 11.7 Å². The first-order chi connectivity index (χ1) is 14.0. The topological polar surface area (TPSA) is 54.0 Å². The molecule has 2 aromatic rings. The molecule has 0 saturated carbocycles. The van der Waals surface area contributed by atoms with Gasteiger partial charge in [-0.25, -0.2) is 9.18 Å². The van der Waals surface area contributed by atoms with Crippen LogP contribution in [0, 0.1) is 11.7 Å². The summed E-state index contributed by atoms with van der Waals surface area (Å²) in [4.78, 5) is 16.3. The van der Waals surface area contributed by atoms with Crippen LogP contribution in [-0.4, -0.2) is 51.8 Å². The SMILES string of the molecule is COc1ccc(CN(C)C(=O)NCC2CCN(c3ccccc3OC)C2)cc1F. The first kappa shape index (κ1) is 20.8. The zero-order valence-electron chi connectivity index (χ0n) is 17.2. The van der Waals surface area contributed by atoms with E-state index in [0.29, 0.717) is 24.6 Å². The first-order valence-corrected chi connectivity index (χ1v) is 9.71. The van der Waals surface area contributed by atoms with E-state index >= 15 is 0 Å². The lowest BCUT2D eigenvalue weighted by atomic mass is 10.1. The summed E-state index contributed by atoms with van der Waals surface area (Å²) in [6.45, 7) is 2.73. The number of carbonyl (C=O) groups is 1. The van der Waals surface area contributed by atoms with Crippen LogP contribution in [-0.2, 0) is 6.54 Å². The lowest BCUT2D eigenvalue weighted by Crippen LogP contribution is -2.39. The number of hydrogen-bond acceptors (Lipinski definition) is 4. The minimum absolute atomic E-state index is 0.169. The smallest absolute Gasteiger partial charge is 0.317 e. The van der Waals surface area contributed by atoms with Crippen LogP contribution in [0.5, 0.6) is 11.5 Å². The minimum Gasteiger partial charge on any atom is -0.495 e. The standard InChI is InChI=1S/C22H28FN3O3/c1-25(14-16-8-9-20(28-2)18(23)12-16)22(27)24-13-17-10-11-26(15-17)19-6-4-5-7-21(19)29-3/h4-9,12,17H,10-11,13-15H2,1-3H3,(H,24,27). The molecule has 0 spiro atoms. The third-order valence-electron chi connectivity index (χ3n) is 5.24. The number of anilines is 1. The van der Waals surface area contributed by atoms with Crippen molar-refractivity contribution < 1.29 is 18.7 Å². The van der Waals surface area contributed by atoms with Crippen molar-refractivity contribution in [3.8, 4) is 11.5 Å². The number of halogens is 1. The van der Waals surface area contributed by atoms with Crippen molar-refractivity contribution in [3.63, 3.8) is 0 Å². The Morgan fingerprint density at radius 3 is 2.69 bits per heavy atom. The third-order valence-corrected chi connectivity index (χ3v) is 5.24. The molecular weight excluding hydrogens is 373 g/mol. The molecule has 1 atom stereocenters. The molecule has 1 heterocycles. The van der Waals surface area contributed by atoms with E-state index in [2.05, 4.69) is 16.3 Å². The summed E-state index contributed by atoms with van der Waals surface area (Å²) in [5, 5.41) is 2.99. The van der Waals surface area contributed by atoms with Gasteiger partial charge in [0.2, 0.25) is 0 Å². The summed E-state index contributed by atoms with van der Waals surface area (Å²) in [6.07, 6.45) is 1.01. The number of amides is 2. The average molecular weight is 401 g/mol. The van der Waals surface area contributed by atoms with E-state index in [0.717, 1.165) is 30.9 Å². The van der Waals surface area contributed by atoms with E-state index in [-0.39, 0.29) is 11.8 Å². The van der Waals surface area contributed by atoms with Crippen LogP contribution in [0.1, 0.15) is 12.0 Å². The lowest BCUT2D eigenvalue weighted by Gasteiger charge is -2.22. The van der Waals surface area contributed by atoms with Crippen molar-refractivity contribution in [2.75, 3.05) is 45.8 Å². The average Bonchev–Trinajstić information content (AvgIpc) is 3.21. The zero-order chi connectivity index (χ0) is 20.8. The molecule has 156 valence electrons. The van der Waals surface area contributed by atoms with Gasteiger partial charge in [0.1, 0.15) is 5.75 Å². The van der Waals surface area contributed by atoms with Crippen LogP contribution >= 0.6 is 0 Å². The van der Waals surface area contributed by atoms with Gasteiger partial charge in [-0.3, -0.25) is 0 Å². The number of benzene rings is 2. The van der Waals surface area contributed by atoms with Gasteiger partial charge in [0, 0.05) is 33.2 Å². The van der Waals surface area contributed by atoms with Gasteiger partial charge >= 0.3 is 6.03 Å². The molecule has 7 heteroatoms. The third kappa shape index (κ3) is 5.10. The van der Waals surface area contributed by atoms with E-state index in [9.17, 15) is 9.18 Å². The van der Waals surface area contributed by atoms with Crippen LogP contribution in [0.4, 0.5) is 14.9 Å². The van der Waals surface area contributed by atoms with Crippen LogP contribution in [0.15, 0.2) is 42.5 Å². The quantitative estimate of drug-likeness (QED) is 0.772. The van der Waals surface area contributed by atoms with Gasteiger partial charge in [0.25, 0.3) is 0 Å². The van der Waals surface area contributed by atoms with Gasteiger partial charge in [-0.15, -0.1) is 0 Å². The Hall–Kier alpha value is -2.96. The second-order valence-electron chi connectivity index (χ2n) is 7.28. The molecule has 0 aromatic heterocycles. The van der Waals surface area contributed by atoms with Gasteiger partial charge in [0.05, 0.1) is 19.9 Å². The first-order valence-electron chi connectivity index (χ1n) is 9.71. The number of methoxy groups -OCH3 is 2. The Morgan fingerprint density at radius 1 is 1.21 bits per heavy atom. The fraction of sp³-hybridized carbons (Fsp3) is 0.409. The van der Waals surface area contributed by atoms with Gasteiger partial charge in [-0.05, 0) is 42.2 Å². The number of nitrogens with zero attached hydrogens (tertiary/aromatic N) is 2. The highest BCUT2D eigenvalue weighted by Crippen LogP contribution is 2.31. The normalized spacial score (nSPS) is 15.9. The van der Waals surface area contributed by atoms with Gasteiger partial charge in [-0.1, -0.05) is 18.2 Å². The highest BCUT2D eigenvalue weighted by atomic mass is 19.1. The predicted molar refractivity (Wildman–Crippen MR) is 111 cm³/mol. The number of urea groups is 1. The molecule has 1 aliphatic heterocycles. The number of rotatable bonds is 7. The molecule has 1 unspecified atom stereocenters. The Labute approximate surface area is 171 Å². The van der Waals surface area contributed by atoms with Crippen molar-refractivity contribution in [3.05, 3.63) is 53.8 Å². The van der Waals surface area contributed by atoms with E-state index in [1.54, 1.807) is 31.2 Å². The van der Waals surface area contributed by atoms with Crippen LogP contribution < -0.4 is 19.7 Å². The molecule has 2 aromatic carbocycles. The maximum atomic E-state index is 13.8. The molecule has 6 nitrogen and oxygen atoms in total. The summed E-state index contributed by atoms with van der Waals surface area (Å²) >= 11 is 0. The number of ether oxygens (including phenoxy) is 2. The maximum Gasteiger partial charge on any atom is 0.317 e. The molecule has 1 N–H and O–H groups in total. The lowest BCUT2D eigenvalue weighted by molar-refractivity contribution is 0.205. The number of nitrogens with one attached hydrogen (secondary N) is 1. The molecule has 0 bridgehead atoms. The fourth-order valence-corrected chi connectivity index (χ4v) is 3.63. The highest BCUT2D eigenvalue weighted by Gasteiger charge is 2.25.